The second-order valence-corrected chi connectivity index (χ2v) is 5.46. The first-order chi connectivity index (χ1) is 9.11. The van der Waals surface area contributed by atoms with Gasteiger partial charge in [0.25, 0.3) is 0 Å². The molecule has 19 heavy (non-hydrogen) atoms. The standard InChI is InChI=1S/C14H15N3OS/c1-8-4-9(2)13(11(5-8)18-3)10-7-19-12-6-16-14(15)17(10)12/h4-7H,1-3H3,(H2,15,16). The summed E-state index contributed by atoms with van der Waals surface area (Å²) in [6.07, 6.45) is 1.79. The Morgan fingerprint density at radius 2 is 2.11 bits per heavy atom. The van der Waals surface area contributed by atoms with E-state index in [1.54, 1.807) is 24.6 Å². The van der Waals surface area contributed by atoms with Gasteiger partial charge in [-0.05, 0) is 31.0 Å². The normalized spacial score (nSPS) is 11.1. The number of fused-ring (bicyclic) bond motifs is 1. The van der Waals surface area contributed by atoms with Crippen LogP contribution in [0.15, 0.2) is 23.7 Å². The molecule has 3 aromatic rings. The summed E-state index contributed by atoms with van der Waals surface area (Å²) in [5, 5.41) is 2.09. The number of benzene rings is 1. The lowest BCUT2D eigenvalue weighted by molar-refractivity contribution is 0.415. The van der Waals surface area contributed by atoms with Crippen molar-refractivity contribution in [1.29, 1.82) is 0 Å². The molecular weight excluding hydrogens is 258 g/mol. The number of anilines is 1. The van der Waals surface area contributed by atoms with Gasteiger partial charge in [0.1, 0.15) is 10.6 Å². The number of hydrogen-bond donors (Lipinski definition) is 1. The highest BCUT2D eigenvalue weighted by Gasteiger charge is 2.16. The third kappa shape index (κ3) is 1.77. The van der Waals surface area contributed by atoms with E-state index in [0.717, 1.165) is 21.8 Å². The van der Waals surface area contributed by atoms with Crippen molar-refractivity contribution in [1.82, 2.24) is 9.38 Å². The first-order valence-electron chi connectivity index (χ1n) is 5.98. The van der Waals surface area contributed by atoms with E-state index < -0.39 is 0 Å². The Morgan fingerprint density at radius 3 is 2.84 bits per heavy atom. The summed E-state index contributed by atoms with van der Waals surface area (Å²) in [6.45, 7) is 4.15. The van der Waals surface area contributed by atoms with Crippen LogP contribution in [0.3, 0.4) is 0 Å². The minimum atomic E-state index is 0.508. The molecule has 5 heteroatoms. The molecule has 0 bridgehead atoms. The molecule has 3 rings (SSSR count). The minimum Gasteiger partial charge on any atom is -0.496 e. The predicted octanol–water partition coefficient (Wildman–Crippen LogP) is 3.27. The second-order valence-electron chi connectivity index (χ2n) is 4.57. The summed E-state index contributed by atoms with van der Waals surface area (Å²) in [4.78, 5) is 5.19. The SMILES string of the molecule is COc1cc(C)cc(C)c1-c1csc2cnc(N)n12. The Morgan fingerprint density at radius 1 is 1.32 bits per heavy atom. The maximum atomic E-state index is 5.95. The highest BCUT2D eigenvalue weighted by Crippen LogP contribution is 2.37. The largest absolute Gasteiger partial charge is 0.496 e. The topological polar surface area (TPSA) is 52.5 Å². The number of nitrogens with two attached hydrogens (primary N) is 1. The number of nitrogens with zero attached hydrogens (tertiary/aromatic N) is 2. The fourth-order valence-electron chi connectivity index (χ4n) is 2.43. The molecule has 0 spiro atoms. The van der Waals surface area contributed by atoms with Crippen molar-refractivity contribution >= 4 is 22.1 Å². The molecule has 0 aliphatic carbocycles. The van der Waals surface area contributed by atoms with Crippen molar-refractivity contribution in [2.75, 3.05) is 12.8 Å². The number of aryl methyl sites for hydroxylation is 2. The Hall–Kier alpha value is -2.01. The first kappa shape index (κ1) is 12.0. The lowest BCUT2D eigenvalue weighted by Gasteiger charge is -2.12. The van der Waals surface area contributed by atoms with E-state index in [1.807, 2.05) is 10.5 Å². The van der Waals surface area contributed by atoms with E-state index in [9.17, 15) is 0 Å². The molecule has 0 saturated heterocycles. The van der Waals surface area contributed by atoms with E-state index in [1.165, 1.54) is 11.1 Å². The summed E-state index contributed by atoms with van der Waals surface area (Å²) < 4.78 is 7.49. The number of aromatic nitrogens is 2. The number of hydrogen-bond acceptors (Lipinski definition) is 4. The van der Waals surface area contributed by atoms with Gasteiger partial charge in [-0.25, -0.2) is 4.98 Å². The molecule has 0 saturated carbocycles. The number of thiazole rings is 1. The van der Waals surface area contributed by atoms with Gasteiger partial charge in [-0.3, -0.25) is 4.40 Å². The average molecular weight is 273 g/mol. The fourth-order valence-corrected chi connectivity index (χ4v) is 3.30. The van der Waals surface area contributed by atoms with Crippen LogP contribution >= 0.6 is 11.3 Å². The quantitative estimate of drug-likeness (QED) is 0.779. The Labute approximate surface area is 115 Å². The van der Waals surface area contributed by atoms with Gasteiger partial charge in [0.05, 0.1) is 19.0 Å². The predicted molar refractivity (Wildman–Crippen MR) is 78.9 cm³/mol. The molecule has 0 aliphatic heterocycles. The Kier molecular flexibility index (Phi) is 2.71. The fraction of sp³-hybridized carbons (Fsp3) is 0.214. The molecule has 98 valence electrons. The molecule has 1 aromatic carbocycles. The van der Waals surface area contributed by atoms with Gasteiger partial charge in [-0.1, -0.05) is 6.07 Å². The van der Waals surface area contributed by atoms with Crippen LogP contribution < -0.4 is 10.5 Å². The van der Waals surface area contributed by atoms with Crippen LogP contribution in [-0.2, 0) is 0 Å². The second kappa shape index (κ2) is 4.28. The van der Waals surface area contributed by atoms with Crippen LogP contribution in [0.2, 0.25) is 0 Å². The van der Waals surface area contributed by atoms with E-state index in [0.29, 0.717) is 5.95 Å². The molecule has 0 amide bonds. The molecule has 2 aromatic heterocycles. The maximum absolute atomic E-state index is 5.95. The van der Waals surface area contributed by atoms with E-state index >= 15 is 0 Å². The van der Waals surface area contributed by atoms with Gasteiger partial charge in [-0.2, -0.15) is 0 Å². The van der Waals surface area contributed by atoms with Gasteiger partial charge in [0, 0.05) is 10.9 Å². The summed E-state index contributed by atoms with van der Waals surface area (Å²) in [7, 11) is 1.69. The summed E-state index contributed by atoms with van der Waals surface area (Å²) in [5.41, 5.74) is 10.4. The highest BCUT2D eigenvalue weighted by atomic mass is 32.1. The number of methoxy groups -OCH3 is 1. The third-order valence-electron chi connectivity index (χ3n) is 3.21. The Balaban J connectivity index is 2.35. The van der Waals surface area contributed by atoms with Crippen molar-refractivity contribution < 1.29 is 4.74 Å². The number of ether oxygens (including phenoxy) is 1. The van der Waals surface area contributed by atoms with Gasteiger partial charge in [0.2, 0.25) is 5.95 Å². The third-order valence-corrected chi connectivity index (χ3v) is 4.08. The zero-order valence-corrected chi connectivity index (χ0v) is 11.9. The maximum Gasteiger partial charge on any atom is 0.206 e. The van der Waals surface area contributed by atoms with Crippen molar-refractivity contribution in [3.05, 3.63) is 34.8 Å². The van der Waals surface area contributed by atoms with Gasteiger partial charge in [0.15, 0.2) is 0 Å². The number of rotatable bonds is 2. The molecule has 0 radical (unpaired) electrons. The van der Waals surface area contributed by atoms with Crippen molar-refractivity contribution in [3.8, 4) is 17.0 Å². The van der Waals surface area contributed by atoms with Crippen LogP contribution in [0.1, 0.15) is 11.1 Å². The van der Waals surface area contributed by atoms with Crippen molar-refractivity contribution in [2.24, 2.45) is 0 Å². The molecule has 0 fully saturated rings. The van der Waals surface area contributed by atoms with Crippen LogP contribution in [0.25, 0.3) is 16.1 Å². The number of imidazole rings is 1. The zero-order chi connectivity index (χ0) is 13.6. The van der Waals surface area contributed by atoms with E-state index in [-0.39, 0.29) is 0 Å². The van der Waals surface area contributed by atoms with Gasteiger partial charge < -0.3 is 10.5 Å². The minimum absolute atomic E-state index is 0.508. The number of nitrogen functional groups attached to an aromatic ring is 1. The molecule has 0 aliphatic rings. The van der Waals surface area contributed by atoms with Crippen LogP contribution in [0, 0.1) is 13.8 Å². The monoisotopic (exact) mass is 273 g/mol. The molecule has 0 atom stereocenters. The lowest BCUT2D eigenvalue weighted by atomic mass is 10.0. The molecule has 0 unspecified atom stereocenters. The zero-order valence-electron chi connectivity index (χ0n) is 11.1. The average Bonchev–Trinajstić information content (AvgIpc) is 2.92. The van der Waals surface area contributed by atoms with Crippen LogP contribution in [0.5, 0.6) is 5.75 Å². The van der Waals surface area contributed by atoms with Crippen LogP contribution in [-0.4, -0.2) is 16.5 Å². The highest BCUT2D eigenvalue weighted by molar-refractivity contribution is 7.16. The smallest absolute Gasteiger partial charge is 0.206 e. The molecule has 4 nitrogen and oxygen atoms in total. The molecule has 2 heterocycles. The van der Waals surface area contributed by atoms with Crippen molar-refractivity contribution in [3.63, 3.8) is 0 Å². The van der Waals surface area contributed by atoms with Crippen molar-refractivity contribution in [2.45, 2.75) is 13.8 Å². The van der Waals surface area contributed by atoms with Gasteiger partial charge in [-0.15, -0.1) is 11.3 Å². The molecular formula is C14H15N3OS. The summed E-state index contributed by atoms with van der Waals surface area (Å²) >= 11 is 1.63. The summed E-state index contributed by atoms with van der Waals surface area (Å²) in [6, 6.07) is 4.19. The van der Waals surface area contributed by atoms with Crippen LogP contribution in [0.4, 0.5) is 5.95 Å². The summed E-state index contributed by atoms with van der Waals surface area (Å²) in [5.74, 6) is 1.37. The van der Waals surface area contributed by atoms with Gasteiger partial charge >= 0.3 is 0 Å². The van der Waals surface area contributed by atoms with E-state index in [4.69, 9.17) is 10.5 Å². The lowest BCUT2D eigenvalue weighted by Crippen LogP contribution is -1.98. The first-order valence-corrected chi connectivity index (χ1v) is 6.86. The Bertz CT molecular complexity index is 757. The molecule has 2 N–H and O–H groups in total. The van der Waals surface area contributed by atoms with E-state index in [2.05, 4.69) is 30.3 Å².